The molecule has 2 amide bonds. The number of Topliss-reactive ketones (excluding diaryl/α,β-unsaturated/α-hetero) is 2. The Hall–Kier alpha value is -4.89. The minimum absolute atomic E-state index is 0.00760. The number of carbonyl (C=O) groups excluding carboxylic acids is 4. The molecule has 0 unspecified atom stereocenters. The maximum absolute atomic E-state index is 13.2. The zero-order valence-corrected chi connectivity index (χ0v) is 24.5. The molecule has 44 heavy (non-hydrogen) atoms. The van der Waals surface area contributed by atoms with Gasteiger partial charge in [-0.3, -0.25) is 28.5 Å². The van der Waals surface area contributed by atoms with Gasteiger partial charge in [0.2, 0.25) is 22.7 Å². The number of thiazole rings is 1. The number of anilines is 1. The van der Waals surface area contributed by atoms with Gasteiger partial charge in [0.1, 0.15) is 5.69 Å². The molecule has 0 bridgehead atoms. The number of carbonyl (C=O) groups is 5. The molecule has 0 saturated carbocycles. The van der Waals surface area contributed by atoms with Crippen LogP contribution in [0.5, 0.6) is 5.75 Å². The highest BCUT2D eigenvalue weighted by atomic mass is 32.2. The van der Waals surface area contributed by atoms with Gasteiger partial charge in [0, 0.05) is 30.8 Å². The third kappa shape index (κ3) is 7.54. The molecule has 1 aliphatic rings. The van der Waals surface area contributed by atoms with Crippen LogP contribution in [0.3, 0.4) is 0 Å². The van der Waals surface area contributed by atoms with Crippen LogP contribution in [0.1, 0.15) is 38.1 Å². The number of hydrogen-bond acceptors (Lipinski definition) is 15. The lowest BCUT2D eigenvalue weighted by molar-refractivity contribution is -0.161. The topological polar surface area (TPSA) is 298 Å². The van der Waals surface area contributed by atoms with Crippen LogP contribution in [0.2, 0.25) is 0 Å². The first-order chi connectivity index (χ1) is 20.3. The lowest BCUT2D eigenvalue weighted by Crippen LogP contribution is -2.66. The number of aromatic nitrogens is 2. The summed E-state index contributed by atoms with van der Waals surface area (Å²) in [6.45, 7) is 1.57. The minimum Gasteiger partial charge on any atom is -0.503 e. The van der Waals surface area contributed by atoms with Gasteiger partial charge in [0.25, 0.3) is 5.91 Å². The number of pyridine rings is 1. The monoisotopic (exact) mass is 658 g/mol. The average molecular weight is 659 g/mol. The van der Waals surface area contributed by atoms with Crippen molar-refractivity contribution in [2.75, 3.05) is 12.3 Å². The number of nitrogens with two attached hydrogens (primary N) is 1. The molecular formula is C23H26N6O13S2. The normalized spacial score (nSPS) is 17.1. The average Bonchev–Trinajstić information content (AvgIpc) is 3.35. The standard InChI is InChI=1S/C23H26N6O13S2/c1-23(2,21(36)37)42-27-18(12-9-43-22(24)26-12)16(32)6-11-13(29(20(11)35)44(39,40)41)7-25-19(34)14(30)4-3-10-5-15(31)17(33)8-28(10)38/h5,8-9,11,13,33,38H,3-4,6-7H2,1-2H3,(H2,24,26)(H,25,34)(H,36,37)(H,39,40,41)/b27-18-/t11-,13+/m0/s1. The van der Waals surface area contributed by atoms with Crippen molar-refractivity contribution in [3.8, 4) is 5.75 Å². The van der Waals surface area contributed by atoms with Crippen LogP contribution in [-0.2, 0) is 45.5 Å². The number of ketones is 2. The van der Waals surface area contributed by atoms with Crippen LogP contribution in [0, 0.1) is 5.92 Å². The second-order valence-corrected chi connectivity index (χ2v) is 12.0. The summed E-state index contributed by atoms with van der Waals surface area (Å²) in [6, 6.07) is -0.687. The summed E-state index contributed by atoms with van der Waals surface area (Å²) in [5, 5.41) is 35.3. The minimum atomic E-state index is -5.16. The van der Waals surface area contributed by atoms with Gasteiger partial charge < -0.3 is 31.3 Å². The van der Waals surface area contributed by atoms with Crippen LogP contribution >= 0.6 is 11.3 Å². The summed E-state index contributed by atoms with van der Waals surface area (Å²) in [4.78, 5) is 82.4. The summed E-state index contributed by atoms with van der Waals surface area (Å²) < 4.78 is 33.6. The lowest BCUT2D eigenvalue weighted by Gasteiger charge is -2.43. The maximum Gasteiger partial charge on any atom is 0.362 e. The van der Waals surface area contributed by atoms with Crippen LogP contribution in [0.4, 0.5) is 5.13 Å². The van der Waals surface area contributed by atoms with Gasteiger partial charge in [-0.25, -0.2) is 14.1 Å². The molecule has 0 spiro atoms. The highest BCUT2D eigenvalue weighted by Crippen LogP contribution is 2.32. The van der Waals surface area contributed by atoms with Gasteiger partial charge in [-0.2, -0.15) is 13.1 Å². The first-order valence-corrected chi connectivity index (χ1v) is 14.6. The van der Waals surface area contributed by atoms with Crippen molar-refractivity contribution in [1.82, 2.24) is 19.3 Å². The van der Waals surface area contributed by atoms with E-state index in [1.807, 2.05) is 0 Å². The molecule has 2 aromatic rings. The number of oxime groups is 1. The van der Waals surface area contributed by atoms with Crippen LogP contribution < -0.4 is 16.5 Å². The Labute approximate surface area is 251 Å². The van der Waals surface area contributed by atoms with E-state index in [9.17, 15) is 57.2 Å². The number of aromatic hydroxyl groups is 1. The van der Waals surface area contributed by atoms with E-state index in [2.05, 4.69) is 15.5 Å². The molecule has 19 nitrogen and oxygen atoms in total. The Morgan fingerprint density at radius 3 is 2.45 bits per heavy atom. The first kappa shape index (κ1) is 33.6. The molecule has 3 heterocycles. The molecule has 0 aliphatic carbocycles. The number of nitrogens with one attached hydrogen (secondary N) is 1. The highest BCUT2D eigenvalue weighted by molar-refractivity contribution is 7.84. The Kier molecular flexibility index (Phi) is 9.75. The summed E-state index contributed by atoms with van der Waals surface area (Å²) in [5.41, 5.74) is 2.10. The van der Waals surface area contributed by atoms with Gasteiger partial charge in [-0.1, -0.05) is 5.16 Å². The molecular weight excluding hydrogens is 632 g/mol. The van der Waals surface area contributed by atoms with Crippen LogP contribution in [-0.4, -0.2) is 95.7 Å². The number of aryl methyl sites for hydroxylation is 1. The molecule has 1 aliphatic heterocycles. The van der Waals surface area contributed by atoms with Crippen molar-refractivity contribution < 1.29 is 57.2 Å². The van der Waals surface area contributed by atoms with E-state index in [1.165, 1.54) is 5.38 Å². The van der Waals surface area contributed by atoms with E-state index in [0.29, 0.717) is 10.9 Å². The molecule has 0 aromatic carbocycles. The number of hydrogen-bond donors (Lipinski definition) is 6. The fourth-order valence-electron chi connectivity index (χ4n) is 3.83. The number of rotatable bonds is 14. The Morgan fingerprint density at radius 1 is 1.23 bits per heavy atom. The number of nitrogen functional groups attached to an aromatic ring is 1. The summed E-state index contributed by atoms with van der Waals surface area (Å²) in [6.07, 6.45) is -0.910. The Balaban J connectivity index is 1.75. The number of amides is 2. The molecule has 1 fully saturated rings. The van der Waals surface area contributed by atoms with Crippen molar-refractivity contribution in [3.05, 3.63) is 39.3 Å². The predicted molar refractivity (Wildman–Crippen MR) is 147 cm³/mol. The molecule has 3 rings (SSSR count). The third-order valence-corrected chi connectivity index (χ3v) is 7.91. The quantitative estimate of drug-likeness (QED) is 0.0330. The smallest absolute Gasteiger partial charge is 0.362 e. The summed E-state index contributed by atoms with van der Waals surface area (Å²) in [7, 11) is -5.16. The zero-order valence-electron chi connectivity index (χ0n) is 22.9. The van der Waals surface area contributed by atoms with Gasteiger partial charge in [-0.05, 0) is 20.3 Å². The van der Waals surface area contributed by atoms with E-state index in [0.717, 1.165) is 31.3 Å². The molecule has 2 aromatic heterocycles. The molecule has 1 saturated heterocycles. The lowest BCUT2D eigenvalue weighted by atomic mass is 9.84. The number of aliphatic carboxylic acids is 1. The number of carboxylic acid groups (broad SMARTS) is 1. The van der Waals surface area contributed by atoms with E-state index < -0.39 is 93.5 Å². The highest BCUT2D eigenvalue weighted by Gasteiger charge is 2.54. The molecule has 2 atom stereocenters. The first-order valence-electron chi connectivity index (χ1n) is 12.3. The Morgan fingerprint density at radius 2 is 1.89 bits per heavy atom. The summed E-state index contributed by atoms with van der Waals surface area (Å²) >= 11 is 0.905. The third-order valence-electron chi connectivity index (χ3n) is 6.29. The van der Waals surface area contributed by atoms with Crippen molar-refractivity contribution in [2.24, 2.45) is 11.1 Å². The number of nitrogens with zero attached hydrogens (tertiary/aromatic N) is 4. The second-order valence-electron chi connectivity index (χ2n) is 9.82. The van der Waals surface area contributed by atoms with Crippen LogP contribution in [0.15, 0.2) is 27.6 Å². The Bertz CT molecular complexity index is 1710. The van der Waals surface area contributed by atoms with Crippen molar-refractivity contribution in [2.45, 2.75) is 44.8 Å². The zero-order chi connectivity index (χ0) is 33.1. The molecule has 0 radical (unpaired) electrons. The maximum atomic E-state index is 13.2. The summed E-state index contributed by atoms with van der Waals surface area (Å²) in [5.74, 6) is -8.14. The van der Waals surface area contributed by atoms with E-state index in [1.54, 1.807) is 0 Å². The number of carboxylic acids is 1. The van der Waals surface area contributed by atoms with Gasteiger partial charge in [0.05, 0.1) is 23.9 Å². The fourth-order valence-corrected chi connectivity index (χ4v) is 5.30. The SMILES string of the molecule is CC(C)(O/N=C(\C(=O)C[C@@H]1C(=O)N(S(=O)(=O)O)[C@@H]1CNC(=O)C(=O)CCc1cc(=O)c(O)cn1O)c1csc(N)n1)C(=O)O. The van der Waals surface area contributed by atoms with Gasteiger partial charge in [-0.15, -0.1) is 11.3 Å². The van der Waals surface area contributed by atoms with Gasteiger partial charge in [0.15, 0.2) is 22.4 Å². The van der Waals surface area contributed by atoms with Crippen LogP contribution in [0.25, 0.3) is 0 Å². The van der Waals surface area contributed by atoms with E-state index in [-0.39, 0.29) is 27.2 Å². The molecule has 21 heteroatoms. The van der Waals surface area contributed by atoms with Gasteiger partial charge >= 0.3 is 16.3 Å². The van der Waals surface area contributed by atoms with Crippen molar-refractivity contribution in [1.29, 1.82) is 0 Å². The van der Waals surface area contributed by atoms with Crippen molar-refractivity contribution >= 4 is 61.8 Å². The predicted octanol–water partition coefficient (Wildman–Crippen LogP) is -1.68. The largest absolute Gasteiger partial charge is 0.503 e. The fraction of sp³-hybridized carbons (Fsp3) is 0.391. The second kappa shape index (κ2) is 12.8. The molecule has 238 valence electrons. The van der Waals surface area contributed by atoms with E-state index in [4.69, 9.17) is 10.6 Å². The van der Waals surface area contributed by atoms with E-state index >= 15 is 0 Å². The van der Waals surface area contributed by atoms with Crippen molar-refractivity contribution in [3.63, 3.8) is 0 Å². The number of β-lactam (4-membered cyclic amide) rings is 1. The molecule has 7 N–H and O–H groups in total.